The van der Waals surface area contributed by atoms with Crippen molar-refractivity contribution in [2.45, 2.75) is 147 Å². The summed E-state index contributed by atoms with van der Waals surface area (Å²) in [4.78, 5) is 26.5. The van der Waals surface area contributed by atoms with E-state index in [1.54, 1.807) is 32.9 Å². The highest BCUT2D eigenvalue weighted by Gasteiger charge is 2.52. The first-order valence-electron chi connectivity index (χ1n) is 17.7. The van der Waals surface area contributed by atoms with E-state index in [2.05, 4.69) is 0 Å². The number of rotatable bonds is 8. The minimum atomic E-state index is -1.85. The standard InChI is InChI=1S/C36H58O14/c1-17-10-13-27(39)47-21(5)24(16-45-34-32(44-9)31(43-8)28(40)22(6)48-34)30-26(49-30)12-11-25(38)18(2)14-19(3)29(17)50-35-33(41)36(42,23(7)37)15-20(4)46-35/h10-13,17-24,26,28-35,37,40-42H,14-16H2,1-9H3/b12-11+,13-10+/t17?,18?,19?,20-,21?,22-,23?,24?,26?,28-,29?,30?,31-,32-,33+,34-,35+,36?/m1/s1. The molecule has 3 fully saturated rings. The summed E-state index contributed by atoms with van der Waals surface area (Å²) < 4.78 is 47.2. The fraction of sp³-hybridized carbons (Fsp3) is 0.833. The molecule has 4 aliphatic heterocycles. The summed E-state index contributed by atoms with van der Waals surface area (Å²) in [5.74, 6) is -2.25. The number of hydrogen-bond donors (Lipinski definition) is 4. The van der Waals surface area contributed by atoms with Crippen molar-refractivity contribution in [3.05, 3.63) is 24.3 Å². The molecule has 0 radical (unpaired) electrons. The van der Waals surface area contributed by atoms with Crippen molar-refractivity contribution in [2.75, 3.05) is 20.8 Å². The van der Waals surface area contributed by atoms with Crippen molar-refractivity contribution < 1.29 is 67.9 Å². The van der Waals surface area contributed by atoms with Gasteiger partial charge >= 0.3 is 5.97 Å². The number of ketones is 1. The van der Waals surface area contributed by atoms with Gasteiger partial charge in [-0.05, 0) is 52.2 Å². The molecule has 4 aliphatic rings. The van der Waals surface area contributed by atoms with Crippen LogP contribution in [0.3, 0.4) is 0 Å². The van der Waals surface area contributed by atoms with Crippen LogP contribution in [-0.2, 0) is 47.5 Å². The maximum Gasteiger partial charge on any atom is 0.330 e. The maximum atomic E-state index is 13.3. The van der Waals surface area contributed by atoms with Crippen LogP contribution in [-0.4, -0.2) is 138 Å². The second-order valence-corrected chi connectivity index (χ2v) is 14.6. The Bertz CT molecular complexity index is 1190. The van der Waals surface area contributed by atoms with Crippen LogP contribution in [0.15, 0.2) is 24.3 Å². The molecule has 0 amide bonds. The molecule has 0 aromatic carbocycles. The summed E-state index contributed by atoms with van der Waals surface area (Å²) in [5.41, 5.74) is -1.85. The van der Waals surface area contributed by atoms with Gasteiger partial charge in [0, 0.05) is 44.5 Å². The largest absolute Gasteiger partial charge is 0.459 e. The molecule has 0 spiro atoms. The van der Waals surface area contributed by atoms with Gasteiger partial charge in [0.2, 0.25) is 0 Å². The van der Waals surface area contributed by atoms with E-state index in [0.29, 0.717) is 6.42 Å². The number of allylic oxidation sites excluding steroid dienone is 1. The Morgan fingerprint density at radius 3 is 2.22 bits per heavy atom. The molecule has 0 saturated carbocycles. The third-order valence-electron chi connectivity index (χ3n) is 10.7. The van der Waals surface area contributed by atoms with E-state index in [9.17, 15) is 30.0 Å². The first kappa shape index (κ1) is 40.9. The Labute approximate surface area is 295 Å². The summed E-state index contributed by atoms with van der Waals surface area (Å²) in [6, 6.07) is 0. The number of cyclic esters (lactones) is 1. The Hall–Kier alpha value is -1.82. The van der Waals surface area contributed by atoms with Gasteiger partial charge in [0.1, 0.15) is 42.2 Å². The fourth-order valence-corrected chi connectivity index (χ4v) is 7.41. The van der Waals surface area contributed by atoms with Crippen molar-refractivity contribution in [1.29, 1.82) is 0 Å². The number of carbonyl (C=O) groups excluding carboxylic acids is 2. The molecule has 50 heavy (non-hydrogen) atoms. The van der Waals surface area contributed by atoms with E-state index in [-0.39, 0.29) is 24.7 Å². The van der Waals surface area contributed by atoms with Crippen molar-refractivity contribution in [3.8, 4) is 0 Å². The fourth-order valence-electron chi connectivity index (χ4n) is 7.41. The van der Waals surface area contributed by atoms with Crippen molar-refractivity contribution in [1.82, 2.24) is 0 Å². The van der Waals surface area contributed by atoms with E-state index in [1.165, 1.54) is 33.3 Å². The lowest BCUT2D eigenvalue weighted by Gasteiger charge is -2.47. The normalized spacial score (nSPS) is 48.3. The zero-order chi connectivity index (χ0) is 37.1. The molecule has 14 heteroatoms. The van der Waals surface area contributed by atoms with Crippen molar-refractivity contribution in [3.63, 3.8) is 0 Å². The molecular weight excluding hydrogens is 656 g/mol. The van der Waals surface area contributed by atoms with E-state index >= 15 is 0 Å². The summed E-state index contributed by atoms with van der Waals surface area (Å²) in [7, 11) is 2.95. The Kier molecular flexibility index (Phi) is 14.2. The molecule has 286 valence electrons. The van der Waals surface area contributed by atoms with Crippen LogP contribution in [0.4, 0.5) is 0 Å². The molecule has 0 aromatic rings. The number of esters is 1. The van der Waals surface area contributed by atoms with Crippen LogP contribution in [0.5, 0.6) is 0 Å². The molecule has 0 aromatic heterocycles. The van der Waals surface area contributed by atoms with Gasteiger partial charge in [-0.1, -0.05) is 26.8 Å². The predicted molar refractivity (Wildman–Crippen MR) is 177 cm³/mol. The van der Waals surface area contributed by atoms with Gasteiger partial charge in [-0.2, -0.15) is 0 Å². The molecule has 3 saturated heterocycles. The highest BCUT2D eigenvalue weighted by Crippen LogP contribution is 2.38. The van der Waals surface area contributed by atoms with Gasteiger partial charge < -0.3 is 58.3 Å². The zero-order valence-electron chi connectivity index (χ0n) is 30.6. The van der Waals surface area contributed by atoms with Crippen LogP contribution in [0.2, 0.25) is 0 Å². The lowest BCUT2D eigenvalue weighted by molar-refractivity contribution is -0.322. The minimum absolute atomic E-state index is 0.0113. The average Bonchev–Trinajstić information content (AvgIpc) is 3.83. The van der Waals surface area contributed by atoms with Crippen LogP contribution in [0.25, 0.3) is 0 Å². The number of ether oxygens (including phenoxy) is 8. The molecule has 10 unspecified atom stereocenters. The maximum absolute atomic E-state index is 13.3. The van der Waals surface area contributed by atoms with Crippen molar-refractivity contribution in [2.24, 2.45) is 23.7 Å². The second kappa shape index (κ2) is 17.3. The van der Waals surface area contributed by atoms with Gasteiger partial charge in [-0.25, -0.2) is 4.79 Å². The Balaban J connectivity index is 1.54. The number of epoxide rings is 1. The van der Waals surface area contributed by atoms with Gasteiger partial charge in [-0.15, -0.1) is 0 Å². The molecule has 4 N–H and O–H groups in total. The third kappa shape index (κ3) is 9.39. The van der Waals surface area contributed by atoms with Crippen LogP contribution in [0.1, 0.15) is 61.3 Å². The van der Waals surface area contributed by atoms with Gasteiger partial charge in [0.05, 0.1) is 37.1 Å². The Morgan fingerprint density at radius 1 is 0.900 bits per heavy atom. The molecule has 0 aliphatic carbocycles. The minimum Gasteiger partial charge on any atom is -0.459 e. The molecule has 0 bridgehead atoms. The van der Waals surface area contributed by atoms with Crippen LogP contribution in [0, 0.1) is 23.7 Å². The van der Waals surface area contributed by atoms with E-state index in [4.69, 9.17) is 37.9 Å². The topological polar surface area (TPSA) is 192 Å². The Morgan fingerprint density at radius 2 is 1.58 bits per heavy atom. The number of hydrogen-bond acceptors (Lipinski definition) is 14. The third-order valence-corrected chi connectivity index (χ3v) is 10.7. The smallest absolute Gasteiger partial charge is 0.330 e. The van der Waals surface area contributed by atoms with Crippen molar-refractivity contribution >= 4 is 11.8 Å². The lowest BCUT2D eigenvalue weighted by atomic mass is 9.82. The molecule has 4 rings (SSSR count). The predicted octanol–water partition coefficient (Wildman–Crippen LogP) is 1.44. The molecule has 14 nitrogen and oxygen atoms in total. The number of aliphatic hydroxyl groups is 4. The van der Waals surface area contributed by atoms with Gasteiger partial charge in [-0.3, -0.25) is 4.79 Å². The molecular formula is C36H58O14. The monoisotopic (exact) mass is 714 g/mol. The lowest BCUT2D eigenvalue weighted by Crippen LogP contribution is -2.63. The van der Waals surface area contributed by atoms with Crippen LogP contribution >= 0.6 is 0 Å². The number of carbonyl (C=O) groups is 2. The summed E-state index contributed by atoms with van der Waals surface area (Å²) in [6.45, 7) is 12.2. The molecule has 4 heterocycles. The van der Waals surface area contributed by atoms with Crippen LogP contribution < -0.4 is 0 Å². The van der Waals surface area contributed by atoms with Gasteiger partial charge in [0.25, 0.3) is 0 Å². The highest BCUT2D eigenvalue weighted by molar-refractivity contribution is 5.91. The SMILES string of the molecule is CO[C@@H]1[C@H](O)[C@@H](C)O[C@@H](OCC2C(C)OC(=O)/C=C/C(C)C(O[C@@H]3O[C@H](C)CC(O)(C(C)O)[C@H]3O)C(C)CC(C)C(=O)/C=C/C3OC32)[C@@H]1OC. The van der Waals surface area contributed by atoms with Gasteiger partial charge in [0.15, 0.2) is 18.4 Å². The van der Waals surface area contributed by atoms with E-state index in [1.807, 2.05) is 20.8 Å². The summed E-state index contributed by atoms with van der Waals surface area (Å²) in [5, 5.41) is 43.0. The zero-order valence-corrected chi connectivity index (χ0v) is 30.6. The first-order chi connectivity index (χ1) is 23.5. The summed E-state index contributed by atoms with van der Waals surface area (Å²) >= 11 is 0. The first-order valence-corrected chi connectivity index (χ1v) is 17.7. The second-order valence-electron chi connectivity index (χ2n) is 14.6. The van der Waals surface area contributed by atoms with E-state index in [0.717, 1.165) is 0 Å². The molecule has 18 atom stereocenters. The number of aliphatic hydroxyl groups excluding tert-OH is 3. The number of fused-ring (bicyclic) bond motifs is 1. The summed E-state index contributed by atoms with van der Waals surface area (Å²) in [6.07, 6.45) is -3.96. The number of methoxy groups -OCH3 is 2. The highest BCUT2D eigenvalue weighted by atomic mass is 16.7. The average molecular weight is 715 g/mol. The quantitative estimate of drug-likeness (QED) is 0.209. The van der Waals surface area contributed by atoms with E-state index < -0.39 is 109 Å².